The van der Waals surface area contributed by atoms with Crippen LogP contribution in [0.25, 0.3) is 22.4 Å². The van der Waals surface area contributed by atoms with Gasteiger partial charge in [-0.2, -0.15) is 0 Å². The van der Waals surface area contributed by atoms with Gasteiger partial charge in [0.1, 0.15) is 17.2 Å². The standard InChI is InChI=1S/C16H14N2O2/c1-9-15(11-4-2-3-5-13(11)20-9)16-17-12(10-6-7-10)8-14(19)18-16/h2-5,8,10H,6-7H2,1H3,(H,17,18,19). The van der Waals surface area contributed by atoms with Crippen LogP contribution in [0, 0.1) is 6.92 Å². The highest BCUT2D eigenvalue weighted by Crippen LogP contribution is 2.39. The summed E-state index contributed by atoms with van der Waals surface area (Å²) in [7, 11) is 0. The molecule has 0 atom stereocenters. The predicted octanol–water partition coefficient (Wildman–Crippen LogP) is 3.37. The van der Waals surface area contributed by atoms with E-state index in [0.29, 0.717) is 11.7 Å². The fourth-order valence-corrected chi connectivity index (χ4v) is 2.65. The van der Waals surface area contributed by atoms with E-state index in [1.54, 1.807) is 6.07 Å². The van der Waals surface area contributed by atoms with Gasteiger partial charge in [-0.15, -0.1) is 0 Å². The van der Waals surface area contributed by atoms with Crippen molar-refractivity contribution in [3.8, 4) is 11.4 Å². The molecule has 1 N–H and O–H groups in total. The number of hydrogen-bond donors (Lipinski definition) is 1. The quantitative estimate of drug-likeness (QED) is 0.773. The monoisotopic (exact) mass is 266 g/mol. The van der Waals surface area contributed by atoms with E-state index in [1.165, 1.54) is 0 Å². The second-order valence-electron chi connectivity index (χ2n) is 5.32. The Balaban J connectivity index is 1.99. The van der Waals surface area contributed by atoms with Crippen LogP contribution in [0.4, 0.5) is 0 Å². The van der Waals surface area contributed by atoms with Gasteiger partial charge in [-0.3, -0.25) is 4.79 Å². The lowest BCUT2D eigenvalue weighted by atomic mass is 10.1. The van der Waals surface area contributed by atoms with Crippen molar-refractivity contribution in [1.82, 2.24) is 9.97 Å². The maximum atomic E-state index is 11.9. The van der Waals surface area contributed by atoms with E-state index in [0.717, 1.165) is 40.8 Å². The van der Waals surface area contributed by atoms with Crippen molar-refractivity contribution in [2.24, 2.45) is 0 Å². The average molecular weight is 266 g/mol. The fourth-order valence-electron chi connectivity index (χ4n) is 2.65. The molecule has 1 aromatic carbocycles. The number of benzene rings is 1. The second-order valence-corrected chi connectivity index (χ2v) is 5.32. The van der Waals surface area contributed by atoms with Gasteiger partial charge in [0.15, 0.2) is 0 Å². The van der Waals surface area contributed by atoms with Crippen LogP contribution < -0.4 is 5.56 Å². The molecule has 0 radical (unpaired) electrons. The Morgan fingerprint density at radius 3 is 2.90 bits per heavy atom. The van der Waals surface area contributed by atoms with Gasteiger partial charge in [0.25, 0.3) is 5.56 Å². The summed E-state index contributed by atoms with van der Waals surface area (Å²) in [6.07, 6.45) is 2.25. The molecule has 0 saturated heterocycles. The van der Waals surface area contributed by atoms with Gasteiger partial charge < -0.3 is 9.40 Å². The van der Waals surface area contributed by atoms with Crippen molar-refractivity contribution in [3.63, 3.8) is 0 Å². The van der Waals surface area contributed by atoms with Gasteiger partial charge in [-0.1, -0.05) is 18.2 Å². The van der Waals surface area contributed by atoms with Crippen molar-refractivity contribution in [1.29, 1.82) is 0 Å². The van der Waals surface area contributed by atoms with Gasteiger partial charge in [-0.05, 0) is 25.8 Å². The zero-order valence-corrected chi connectivity index (χ0v) is 11.1. The van der Waals surface area contributed by atoms with Gasteiger partial charge in [0.2, 0.25) is 0 Å². The maximum absolute atomic E-state index is 11.9. The molecule has 0 amide bonds. The highest BCUT2D eigenvalue weighted by molar-refractivity contribution is 5.93. The van der Waals surface area contributed by atoms with E-state index >= 15 is 0 Å². The molecule has 0 aliphatic heterocycles. The molecule has 1 saturated carbocycles. The summed E-state index contributed by atoms with van der Waals surface area (Å²) in [6, 6.07) is 9.42. The lowest BCUT2D eigenvalue weighted by Crippen LogP contribution is -2.10. The molecule has 1 aliphatic carbocycles. The molecule has 2 aromatic heterocycles. The Kier molecular flexibility index (Phi) is 2.33. The third-order valence-corrected chi connectivity index (χ3v) is 3.77. The zero-order chi connectivity index (χ0) is 13.7. The van der Waals surface area contributed by atoms with E-state index < -0.39 is 0 Å². The lowest BCUT2D eigenvalue weighted by molar-refractivity contribution is 0.579. The lowest BCUT2D eigenvalue weighted by Gasteiger charge is -2.03. The highest BCUT2D eigenvalue weighted by atomic mass is 16.3. The molecule has 2 heterocycles. The number of nitrogens with zero attached hydrogens (tertiary/aromatic N) is 1. The summed E-state index contributed by atoms with van der Waals surface area (Å²) in [5, 5.41) is 0.987. The summed E-state index contributed by atoms with van der Waals surface area (Å²) < 4.78 is 5.75. The highest BCUT2D eigenvalue weighted by Gasteiger charge is 2.26. The molecule has 4 nitrogen and oxygen atoms in total. The van der Waals surface area contributed by atoms with Crippen molar-refractivity contribution in [2.75, 3.05) is 0 Å². The van der Waals surface area contributed by atoms with Gasteiger partial charge in [0.05, 0.1) is 11.3 Å². The smallest absolute Gasteiger partial charge is 0.251 e. The average Bonchev–Trinajstić information content (AvgIpc) is 3.20. The number of furan rings is 1. The van der Waals surface area contributed by atoms with Crippen LogP contribution in [0.3, 0.4) is 0 Å². The Bertz CT molecular complexity index is 856. The second kappa shape index (κ2) is 4.07. The van der Waals surface area contributed by atoms with Crippen LogP contribution in [0.15, 0.2) is 39.5 Å². The van der Waals surface area contributed by atoms with Crippen LogP contribution in [-0.4, -0.2) is 9.97 Å². The minimum atomic E-state index is -0.0958. The number of H-pyrrole nitrogens is 1. The number of para-hydroxylation sites is 1. The number of aromatic nitrogens is 2. The van der Waals surface area contributed by atoms with Gasteiger partial charge in [-0.25, -0.2) is 4.98 Å². The molecule has 0 bridgehead atoms. The number of aryl methyl sites for hydroxylation is 1. The minimum Gasteiger partial charge on any atom is -0.461 e. The molecule has 1 fully saturated rings. The van der Waals surface area contributed by atoms with Crippen molar-refractivity contribution < 1.29 is 4.42 Å². The maximum Gasteiger partial charge on any atom is 0.251 e. The normalized spacial score (nSPS) is 14.8. The third-order valence-electron chi connectivity index (χ3n) is 3.77. The first kappa shape index (κ1) is 11.5. The van der Waals surface area contributed by atoms with E-state index in [4.69, 9.17) is 4.42 Å². The van der Waals surface area contributed by atoms with Crippen LogP contribution in [0.2, 0.25) is 0 Å². The molecule has 4 heteroatoms. The third kappa shape index (κ3) is 1.76. The van der Waals surface area contributed by atoms with Gasteiger partial charge >= 0.3 is 0 Å². The van der Waals surface area contributed by atoms with Gasteiger partial charge in [0, 0.05) is 17.4 Å². The number of nitrogens with one attached hydrogen (secondary N) is 1. The molecule has 3 aromatic rings. The minimum absolute atomic E-state index is 0.0958. The Hall–Kier alpha value is -2.36. The first-order chi connectivity index (χ1) is 9.72. The van der Waals surface area contributed by atoms with E-state index in [2.05, 4.69) is 9.97 Å². The zero-order valence-electron chi connectivity index (χ0n) is 11.1. The van der Waals surface area contributed by atoms with E-state index in [9.17, 15) is 4.79 Å². The molecular weight excluding hydrogens is 252 g/mol. The first-order valence-corrected chi connectivity index (χ1v) is 6.82. The Morgan fingerprint density at radius 1 is 1.30 bits per heavy atom. The predicted molar refractivity (Wildman–Crippen MR) is 76.8 cm³/mol. The fraction of sp³-hybridized carbons (Fsp3) is 0.250. The Labute approximate surface area is 115 Å². The molecule has 100 valence electrons. The largest absolute Gasteiger partial charge is 0.461 e. The van der Waals surface area contributed by atoms with Crippen molar-refractivity contribution in [2.45, 2.75) is 25.7 Å². The van der Waals surface area contributed by atoms with Crippen molar-refractivity contribution >= 4 is 11.0 Å². The van der Waals surface area contributed by atoms with E-state index in [1.807, 2.05) is 31.2 Å². The van der Waals surface area contributed by atoms with Crippen LogP contribution in [-0.2, 0) is 0 Å². The van der Waals surface area contributed by atoms with E-state index in [-0.39, 0.29) is 5.56 Å². The summed E-state index contributed by atoms with van der Waals surface area (Å²) in [4.78, 5) is 19.3. The SMILES string of the molecule is Cc1oc2ccccc2c1-c1nc(C2CC2)cc(=O)[nH]1. The summed E-state index contributed by atoms with van der Waals surface area (Å²) >= 11 is 0. The summed E-state index contributed by atoms with van der Waals surface area (Å²) in [5.41, 5.74) is 2.51. The molecule has 0 spiro atoms. The summed E-state index contributed by atoms with van der Waals surface area (Å²) in [5.74, 6) is 1.85. The van der Waals surface area contributed by atoms with Crippen LogP contribution in [0.1, 0.15) is 30.2 Å². The van der Waals surface area contributed by atoms with Crippen LogP contribution >= 0.6 is 0 Å². The molecule has 20 heavy (non-hydrogen) atoms. The molecular formula is C16H14N2O2. The number of fused-ring (bicyclic) bond motifs is 1. The first-order valence-electron chi connectivity index (χ1n) is 6.82. The Morgan fingerprint density at radius 2 is 2.10 bits per heavy atom. The molecule has 1 aliphatic rings. The molecule has 4 rings (SSSR count). The topological polar surface area (TPSA) is 58.9 Å². The van der Waals surface area contributed by atoms with Crippen molar-refractivity contribution in [3.05, 3.63) is 52.1 Å². The number of aromatic amines is 1. The van der Waals surface area contributed by atoms with Crippen LogP contribution in [0.5, 0.6) is 0 Å². The summed E-state index contributed by atoms with van der Waals surface area (Å²) in [6.45, 7) is 1.90. The number of hydrogen-bond acceptors (Lipinski definition) is 3. The molecule has 0 unspecified atom stereocenters. The number of rotatable bonds is 2.